The average Bonchev–Trinajstić information content (AvgIpc) is 3.69. The van der Waals surface area contributed by atoms with E-state index in [1.54, 1.807) is 97.0 Å². The molecule has 21 nitrogen and oxygen atoms in total. The minimum Gasteiger partial charge on any atom is -0.493 e. The van der Waals surface area contributed by atoms with Gasteiger partial charge in [0.25, 0.3) is 17.7 Å². The van der Waals surface area contributed by atoms with Crippen LogP contribution in [0.1, 0.15) is 41.4 Å². The Morgan fingerprint density at radius 1 is 0.396 bits per heavy atom. The molecule has 5 aromatic heterocycles. The van der Waals surface area contributed by atoms with Crippen LogP contribution >= 0.6 is 0 Å². The number of nitrogens with zero attached hydrogens (tertiary/aromatic N) is 10. The van der Waals surface area contributed by atoms with Gasteiger partial charge in [0.05, 0.1) is 78.3 Å². The van der Waals surface area contributed by atoms with E-state index in [2.05, 4.69) is 40.9 Å². The molecule has 4 N–H and O–H groups in total. The molecule has 14 rings (SSSR count). The fraction of sp³-hybridized carbons (Fsp3) is 0.0429. The molecule has 0 saturated heterocycles. The number of para-hydroxylation sites is 6. The van der Waals surface area contributed by atoms with Crippen molar-refractivity contribution in [3.05, 3.63) is 279 Å². The maximum Gasteiger partial charge on any atom is 0.337 e. The maximum atomic E-state index is 12.9. The Balaban J connectivity index is 0.000000132. The van der Waals surface area contributed by atoms with Gasteiger partial charge in [0.1, 0.15) is 19.0 Å². The van der Waals surface area contributed by atoms with Gasteiger partial charge in [-0.3, -0.25) is 28.1 Å². The van der Waals surface area contributed by atoms with Crippen LogP contribution in [0.25, 0.3) is 61.5 Å². The van der Waals surface area contributed by atoms with E-state index in [0.29, 0.717) is 51.0 Å². The lowest BCUT2D eigenvalue weighted by Crippen LogP contribution is -2.13. The summed E-state index contributed by atoms with van der Waals surface area (Å²) in [6.07, 6.45) is 15.3. The van der Waals surface area contributed by atoms with E-state index in [4.69, 9.17) is 14.2 Å². The molecule has 0 aliphatic heterocycles. The number of anilines is 3. The molecular formula is C70H55N13O8. The number of fused-ring (bicyclic) bond motifs is 3. The zero-order chi connectivity index (χ0) is 62.8. The molecule has 0 aliphatic carbocycles. The summed E-state index contributed by atoms with van der Waals surface area (Å²) in [5, 5.41) is 18.2. The molecular weight excluding hydrogens is 1150 g/mol. The highest BCUT2D eigenvalue weighted by Crippen LogP contribution is 2.40. The second-order valence-corrected chi connectivity index (χ2v) is 20.3. The lowest BCUT2D eigenvalue weighted by molar-refractivity contribution is 0.0696. The number of amides is 3. The van der Waals surface area contributed by atoms with Gasteiger partial charge in [0.2, 0.25) is 5.75 Å². The van der Waals surface area contributed by atoms with Crippen molar-refractivity contribution in [1.82, 2.24) is 47.8 Å². The van der Waals surface area contributed by atoms with Crippen LogP contribution in [0, 0.1) is 0 Å². The van der Waals surface area contributed by atoms with E-state index in [1.807, 2.05) is 170 Å². The Hall–Kier alpha value is -12.9. The highest BCUT2D eigenvalue weighted by molar-refractivity contribution is 6.07. The number of carbonyl (C=O) groups is 4. The molecule has 0 saturated carbocycles. The molecule has 3 amide bonds. The molecule has 0 atom stereocenters. The summed E-state index contributed by atoms with van der Waals surface area (Å²) in [4.78, 5) is 71.5. The first-order valence-electron chi connectivity index (χ1n) is 28.3. The number of hydrogen-bond acceptors (Lipinski definition) is 12. The van der Waals surface area contributed by atoms with Crippen molar-refractivity contribution in [2.24, 2.45) is 0 Å². The average molecular weight is 1210 g/mol. The number of aromatic carboxylic acids is 1. The zero-order valence-electron chi connectivity index (χ0n) is 49.0. The number of rotatable bonds is 15. The summed E-state index contributed by atoms with van der Waals surface area (Å²) in [6, 6.07) is 61.3. The predicted octanol–water partition coefficient (Wildman–Crippen LogP) is 12.9. The third-order valence-electron chi connectivity index (χ3n) is 14.6. The molecule has 14 aromatic rings. The fourth-order valence-electron chi connectivity index (χ4n) is 10.2. The van der Waals surface area contributed by atoms with Gasteiger partial charge in [-0.2, -0.15) is 0 Å². The number of imidazole rings is 5. The molecule has 9 aromatic carbocycles. The number of ether oxygens (including phenoxy) is 3. The molecule has 91 heavy (non-hydrogen) atoms. The lowest BCUT2D eigenvalue weighted by Gasteiger charge is -2.15. The number of carboxylic acids is 1. The number of benzene rings is 9. The van der Waals surface area contributed by atoms with Crippen LogP contribution in [0.15, 0.2) is 257 Å². The van der Waals surface area contributed by atoms with Gasteiger partial charge in [-0.1, -0.05) is 60.7 Å². The number of carboxylic acid groups (broad SMARTS) is 1. The second kappa shape index (κ2) is 26.4. The smallest absolute Gasteiger partial charge is 0.337 e. The zero-order valence-corrected chi connectivity index (χ0v) is 49.0. The van der Waals surface area contributed by atoms with Gasteiger partial charge in [-0.25, -0.2) is 29.7 Å². The summed E-state index contributed by atoms with van der Waals surface area (Å²) in [5.41, 5.74) is 12.9. The van der Waals surface area contributed by atoms with Crippen molar-refractivity contribution >= 4 is 73.9 Å². The number of carbonyl (C=O) groups excluding carboxylic acids is 3. The van der Waals surface area contributed by atoms with Crippen LogP contribution in [0.2, 0.25) is 0 Å². The molecule has 0 fully saturated rings. The van der Waals surface area contributed by atoms with E-state index in [-0.39, 0.29) is 23.3 Å². The predicted molar refractivity (Wildman–Crippen MR) is 347 cm³/mol. The van der Waals surface area contributed by atoms with E-state index in [0.717, 1.165) is 61.5 Å². The Morgan fingerprint density at radius 3 is 1.24 bits per heavy atom. The third-order valence-corrected chi connectivity index (χ3v) is 14.6. The fourth-order valence-corrected chi connectivity index (χ4v) is 10.2. The van der Waals surface area contributed by atoms with Gasteiger partial charge < -0.3 is 44.4 Å². The van der Waals surface area contributed by atoms with Crippen LogP contribution in [0.5, 0.6) is 17.2 Å². The summed E-state index contributed by atoms with van der Waals surface area (Å²) in [6.45, 7) is 0. The van der Waals surface area contributed by atoms with Crippen LogP contribution < -0.4 is 30.2 Å². The van der Waals surface area contributed by atoms with Crippen LogP contribution in [-0.2, 0) is 0 Å². The van der Waals surface area contributed by atoms with Gasteiger partial charge >= 0.3 is 5.97 Å². The lowest BCUT2D eigenvalue weighted by atomic mass is 10.1. The van der Waals surface area contributed by atoms with Gasteiger partial charge in [-0.05, 0) is 127 Å². The molecule has 448 valence electrons. The van der Waals surface area contributed by atoms with Crippen molar-refractivity contribution in [2.75, 3.05) is 37.3 Å². The van der Waals surface area contributed by atoms with Gasteiger partial charge in [0.15, 0.2) is 11.5 Å². The number of nitrogens with one attached hydrogen (secondary N) is 3. The molecule has 5 heterocycles. The molecule has 0 spiro atoms. The second-order valence-electron chi connectivity index (χ2n) is 20.3. The number of aromatic nitrogens is 10. The Kier molecular flexibility index (Phi) is 16.9. The van der Waals surface area contributed by atoms with Gasteiger partial charge in [-0.15, -0.1) is 0 Å². The van der Waals surface area contributed by atoms with Crippen molar-refractivity contribution in [3.63, 3.8) is 0 Å². The molecule has 0 bridgehead atoms. The van der Waals surface area contributed by atoms with Crippen LogP contribution in [0.4, 0.5) is 17.1 Å². The first kappa shape index (κ1) is 58.5. The largest absolute Gasteiger partial charge is 0.493 e. The normalized spacial score (nSPS) is 10.8. The van der Waals surface area contributed by atoms with E-state index in [1.165, 1.54) is 33.7 Å². The first-order valence-corrected chi connectivity index (χ1v) is 28.3. The highest BCUT2D eigenvalue weighted by atomic mass is 16.5. The molecule has 21 heteroatoms. The molecule has 0 unspecified atom stereocenters. The third kappa shape index (κ3) is 12.8. The van der Waals surface area contributed by atoms with Crippen molar-refractivity contribution in [2.45, 2.75) is 0 Å². The minimum atomic E-state index is -1.06. The summed E-state index contributed by atoms with van der Waals surface area (Å²) in [7, 11) is 4.59. The Labute approximate surface area is 519 Å². The van der Waals surface area contributed by atoms with Crippen molar-refractivity contribution < 1.29 is 38.5 Å². The summed E-state index contributed by atoms with van der Waals surface area (Å²) < 4.78 is 25.3. The number of hydrogen-bond donors (Lipinski definition) is 4. The topological polar surface area (TPSA) is 241 Å². The quantitative estimate of drug-likeness (QED) is 0.0747. The highest BCUT2D eigenvalue weighted by Gasteiger charge is 2.19. The summed E-state index contributed by atoms with van der Waals surface area (Å²) >= 11 is 0. The molecule has 0 radical (unpaired) electrons. The Morgan fingerprint density at radius 2 is 0.813 bits per heavy atom. The number of methoxy groups -OCH3 is 3. The van der Waals surface area contributed by atoms with Crippen LogP contribution in [0.3, 0.4) is 0 Å². The van der Waals surface area contributed by atoms with E-state index >= 15 is 0 Å². The first-order chi connectivity index (χ1) is 44.5. The standard InChI is InChI=1S/C24H17N5O3.C23H17N5O.C23H21N3O4/c30-23(27-17-8-9-19(24(31)32)22(13-17)28-11-10-25-14-28)16-4-3-5-18(12-16)29-15-26-20-6-1-2-7-21(20)29;29-23(26-18-6-4-7-19(14-18)27-12-11-24-15-27)17-5-3-8-20(13-17)28-16-25-21-9-1-2-10-22(21)28;1-28-20-12-16(13-21(29-2)22(20)30-3)25-23(27)15-7-6-8-17(11-15)26-14-24-18-9-4-5-10-19(18)26/h1-15H,(H,27,30)(H,31,32);1-16H,(H,26,29);4-14H,1-3H3,(H,25,27). The van der Waals surface area contributed by atoms with Crippen molar-refractivity contribution in [1.29, 1.82) is 0 Å². The van der Waals surface area contributed by atoms with E-state index in [9.17, 15) is 24.3 Å². The SMILES string of the molecule is COc1cc(NC(=O)c2cccc(-n3cnc4ccccc43)c2)cc(OC)c1OC.O=C(Nc1ccc(C(=O)O)c(-n2ccnc2)c1)c1cccc(-n2cnc3ccccc32)c1.O=C(Nc1cccc(-n2ccnc2)c1)c1cccc(-n2cnc3ccccc32)c1. The molecule has 0 aliphatic rings. The van der Waals surface area contributed by atoms with Gasteiger partial charge in [0, 0.05) is 93.4 Å². The van der Waals surface area contributed by atoms with E-state index < -0.39 is 5.97 Å². The summed E-state index contributed by atoms with van der Waals surface area (Å²) in [5.74, 6) is -0.402. The maximum absolute atomic E-state index is 12.9. The van der Waals surface area contributed by atoms with Crippen molar-refractivity contribution in [3.8, 4) is 45.7 Å². The Bertz CT molecular complexity index is 4930. The minimum absolute atomic E-state index is 0.106. The van der Waals surface area contributed by atoms with Crippen LogP contribution in [-0.4, -0.2) is 97.9 Å². The monoisotopic (exact) mass is 1210 g/mol.